The van der Waals surface area contributed by atoms with Crippen LogP contribution in [0.25, 0.3) is 16.7 Å². The number of fused-ring (bicyclic) bond motifs is 2. The van der Waals surface area contributed by atoms with Gasteiger partial charge in [-0.1, -0.05) is 6.07 Å². The molecule has 1 N–H and O–H groups in total. The predicted molar refractivity (Wildman–Crippen MR) is 118 cm³/mol. The Morgan fingerprint density at radius 1 is 1.21 bits per heavy atom. The van der Waals surface area contributed by atoms with Crippen LogP contribution in [0.1, 0.15) is 18.4 Å². The number of hydrogen-bond acceptors (Lipinski definition) is 6. The van der Waals surface area contributed by atoms with Gasteiger partial charge in [0.15, 0.2) is 0 Å². The number of ether oxygens (including phenoxy) is 1. The van der Waals surface area contributed by atoms with Crippen LogP contribution in [0, 0.1) is 18.2 Å². The summed E-state index contributed by atoms with van der Waals surface area (Å²) in [5.41, 5.74) is 0.703. The maximum atomic E-state index is 13.4. The monoisotopic (exact) mass is 468 g/mol. The Bertz CT molecular complexity index is 1620. The molecule has 1 saturated heterocycles. The molecular weight excluding hydrogens is 447 g/mol. The van der Waals surface area contributed by atoms with E-state index < -0.39 is 21.2 Å². The van der Waals surface area contributed by atoms with Crippen molar-refractivity contribution in [3.63, 3.8) is 0 Å². The smallest absolute Gasteiger partial charge is 0.267 e. The van der Waals surface area contributed by atoms with Gasteiger partial charge in [0.05, 0.1) is 22.9 Å². The van der Waals surface area contributed by atoms with E-state index >= 15 is 0 Å². The van der Waals surface area contributed by atoms with Gasteiger partial charge in [0.2, 0.25) is 9.84 Å². The lowest BCUT2D eigenvalue weighted by atomic mass is 10.2. The lowest BCUT2D eigenvalue weighted by Gasteiger charge is -2.18. The van der Waals surface area contributed by atoms with Crippen LogP contribution in [0.3, 0.4) is 0 Å². The van der Waals surface area contributed by atoms with Gasteiger partial charge in [-0.15, -0.1) is 0 Å². The minimum atomic E-state index is -4.20. The SMILES string of the molecule is Cc1cccn2c(=O)c3cc(S(=O)(=O)c4ccc(F)cc4)c(=N)n(CC4CCCO4)c3nc12. The lowest BCUT2D eigenvalue weighted by Crippen LogP contribution is -2.33. The van der Waals surface area contributed by atoms with E-state index in [1.165, 1.54) is 15.0 Å². The first-order valence-corrected chi connectivity index (χ1v) is 12.0. The summed E-state index contributed by atoms with van der Waals surface area (Å²) < 4.78 is 48.7. The number of rotatable bonds is 4. The van der Waals surface area contributed by atoms with Crippen molar-refractivity contribution in [1.82, 2.24) is 14.0 Å². The summed E-state index contributed by atoms with van der Waals surface area (Å²) in [4.78, 5) is 17.5. The van der Waals surface area contributed by atoms with Gasteiger partial charge in [-0.05, 0) is 61.7 Å². The van der Waals surface area contributed by atoms with Crippen LogP contribution in [-0.2, 0) is 21.1 Å². The third-order valence-corrected chi connectivity index (χ3v) is 7.71. The van der Waals surface area contributed by atoms with E-state index in [-0.39, 0.29) is 39.0 Å². The highest BCUT2D eigenvalue weighted by Crippen LogP contribution is 2.23. The minimum Gasteiger partial charge on any atom is -0.376 e. The molecular formula is C23H21FN4O4S. The summed E-state index contributed by atoms with van der Waals surface area (Å²) in [7, 11) is -4.20. The van der Waals surface area contributed by atoms with E-state index in [1.807, 2.05) is 13.0 Å². The van der Waals surface area contributed by atoms with Gasteiger partial charge in [0.25, 0.3) is 5.56 Å². The second kappa shape index (κ2) is 7.89. The van der Waals surface area contributed by atoms with Gasteiger partial charge in [0.1, 0.15) is 27.5 Å². The van der Waals surface area contributed by atoms with Crippen LogP contribution in [0.4, 0.5) is 4.39 Å². The van der Waals surface area contributed by atoms with Crippen LogP contribution in [0.5, 0.6) is 0 Å². The molecule has 0 aliphatic carbocycles. The van der Waals surface area contributed by atoms with Crippen LogP contribution >= 0.6 is 0 Å². The Balaban J connectivity index is 1.86. The van der Waals surface area contributed by atoms with Crippen molar-refractivity contribution in [2.75, 3.05) is 6.61 Å². The Kier molecular flexibility index (Phi) is 5.13. The van der Waals surface area contributed by atoms with Gasteiger partial charge in [-0.3, -0.25) is 14.6 Å². The van der Waals surface area contributed by atoms with Crippen LogP contribution in [0.2, 0.25) is 0 Å². The maximum Gasteiger partial charge on any atom is 0.267 e. The Morgan fingerprint density at radius 2 is 1.97 bits per heavy atom. The first kappa shape index (κ1) is 21.5. The summed E-state index contributed by atoms with van der Waals surface area (Å²) in [6, 6.07) is 9.13. The molecule has 0 saturated carbocycles. The zero-order valence-electron chi connectivity index (χ0n) is 17.8. The van der Waals surface area contributed by atoms with Crippen molar-refractivity contribution in [2.45, 2.75) is 42.2 Å². The first-order valence-electron chi connectivity index (χ1n) is 10.5. The number of pyridine rings is 2. The number of nitrogens with zero attached hydrogens (tertiary/aromatic N) is 3. The van der Waals surface area contributed by atoms with Crippen LogP contribution in [0.15, 0.2) is 63.2 Å². The van der Waals surface area contributed by atoms with Crippen molar-refractivity contribution in [3.05, 3.63) is 75.9 Å². The zero-order chi connectivity index (χ0) is 23.3. The molecule has 0 amide bonds. The van der Waals surface area contributed by atoms with Gasteiger partial charge in [-0.2, -0.15) is 0 Å². The van der Waals surface area contributed by atoms with Gasteiger partial charge in [0, 0.05) is 12.8 Å². The summed E-state index contributed by atoms with van der Waals surface area (Å²) in [5.74, 6) is -0.573. The second-order valence-corrected chi connectivity index (χ2v) is 10.0. The molecule has 1 atom stereocenters. The van der Waals surface area contributed by atoms with E-state index in [0.29, 0.717) is 12.3 Å². The number of nitrogens with one attached hydrogen (secondary N) is 1. The van der Waals surface area contributed by atoms with E-state index in [0.717, 1.165) is 42.7 Å². The molecule has 0 spiro atoms. The average Bonchev–Trinajstić information content (AvgIpc) is 3.30. The Hall–Kier alpha value is -3.37. The van der Waals surface area contributed by atoms with Gasteiger partial charge >= 0.3 is 0 Å². The molecule has 170 valence electrons. The quantitative estimate of drug-likeness (QED) is 0.366. The highest BCUT2D eigenvalue weighted by molar-refractivity contribution is 7.91. The molecule has 4 aromatic rings. The van der Waals surface area contributed by atoms with Crippen molar-refractivity contribution in [2.24, 2.45) is 0 Å². The maximum absolute atomic E-state index is 13.4. The largest absolute Gasteiger partial charge is 0.376 e. The molecule has 0 bridgehead atoms. The lowest BCUT2D eigenvalue weighted by molar-refractivity contribution is 0.0965. The van der Waals surface area contributed by atoms with Gasteiger partial charge in [-0.25, -0.2) is 17.8 Å². The van der Waals surface area contributed by atoms with E-state index in [9.17, 15) is 17.6 Å². The predicted octanol–water partition coefficient (Wildman–Crippen LogP) is 2.59. The molecule has 1 unspecified atom stereocenters. The van der Waals surface area contributed by atoms with Crippen molar-refractivity contribution < 1.29 is 17.5 Å². The fourth-order valence-electron chi connectivity index (χ4n) is 4.19. The molecule has 8 nitrogen and oxygen atoms in total. The third-order valence-electron chi connectivity index (χ3n) is 5.92. The minimum absolute atomic E-state index is 0.0767. The normalized spacial score (nSPS) is 16.6. The first-order chi connectivity index (χ1) is 15.8. The number of halogens is 1. The summed E-state index contributed by atoms with van der Waals surface area (Å²) in [6.07, 6.45) is 2.98. The molecule has 4 heterocycles. The van der Waals surface area contributed by atoms with E-state index in [1.54, 1.807) is 12.3 Å². The Morgan fingerprint density at radius 3 is 2.67 bits per heavy atom. The van der Waals surface area contributed by atoms with Gasteiger partial charge < -0.3 is 9.30 Å². The molecule has 1 fully saturated rings. The number of aryl methyl sites for hydroxylation is 1. The number of hydrogen-bond donors (Lipinski definition) is 1. The van der Waals surface area contributed by atoms with E-state index in [2.05, 4.69) is 4.98 Å². The molecule has 1 aliphatic rings. The summed E-state index contributed by atoms with van der Waals surface area (Å²) in [5, 5.41) is 8.85. The standard InChI is InChI=1S/C23H21FN4O4S/c1-14-4-2-10-27-21(14)26-22-18(23(27)29)12-19(20(25)28(22)13-16-5-3-11-32-16)33(30,31)17-8-6-15(24)7-9-17/h2,4,6-10,12,16,25H,3,5,11,13H2,1H3. The fraction of sp³-hybridized carbons (Fsp3) is 0.261. The van der Waals surface area contributed by atoms with Crippen LogP contribution in [-0.4, -0.2) is 35.1 Å². The van der Waals surface area contributed by atoms with Crippen LogP contribution < -0.4 is 11.0 Å². The number of aromatic nitrogens is 3. The molecule has 3 aromatic heterocycles. The summed E-state index contributed by atoms with van der Waals surface area (Å²) >= 11 is 0. The molecule has 0 radical (unpaired) electrons. The third kappa shape index (κ3) is 3.55. The Labute approximate surface area is 188 Å². The highest BCUT2D eigenvalue weighted by Gasteiger charge is 2.26. The van der Waals surface area contributed by atoms with Crippen molar-refractivity contribution in [3.8, 4) is 0 Å². The molecule has 1 aliphatic heterocycles. The van der Waals surface area contributed by atoms with Crippen molar-refractivity contribution >= 4 is 26.5 Å². The molecule has 1 aromatic carbocycles. The summed E-state index contributed by atoms with van der Waals surface area (Å²) in [6.45, 7) is 2.60. The molecule has 5 rings (SSSR count). The number of benzene rings is 1. The second-order valence-electron chi connectivity index (χ2n) is 8.10. The molecule has 33 heavy (non-hydrogen) atoms. The highest BCUT2D eigenvalue weighted by atomic mass is 32.2. The number of sulfone groups is 1. The van der Waals surface area contributed by atoms with Crippen molar-refractivity contribution in [1.29, 1.82) is 5.41 Å². The topological polar surface area (TPSA) is 107 Å². The zero-order valence-corrected chi connectivity index (χ0v) is 18.6. The molecule has 10 heteroatoms. The fourth-order valence-corrected chi connectivity index (χ4v) is 5.57. The van der Waals surface area contributed by atoms with E-state index in [4.69, 9.17) is 10.1 Å². The average molecular weight is 469 g/mol.